The molecule has 33 heavy (non-hydrogen) atoms. The molecule has 0 fully saturated rings. The topological polar surface area (TPSA) is 92.1 Å². The number of benzene rings is 2. The quantitative estimate of drug-likeness (QED) is 0.488. The fourth-order valence-corrected chi connectivity index (χ4v) is 4.18. The summed E-state index contributed by atoms with van der Waals surface area (Å²) < 4.78 is 5.27. The average Bonchev–Trinajstić information content (AvgIpc) is 3.23. The Morgan fingerprint density at radius 1 is 1.15 bits per heavy atom. The highest BCUT2D eigenvalue weighted by atomic mass is 35.5. The van der Waals surface area contributed by atoms with Crippen molar-refractivity contribution in [1.29, 1.82) is 0 Å². The van der Waals surface area contributed by atoms with Gasteiger partial charge in [0.2, 0.25) is 5.91 Å². The standard InChI is InChI=1S/C25H24ClN3O4/c1-15-6-8-16(9-7-15)21-14-22(29(28-21)23(30)4-3-5-24(31)32)19-12-17-10-11-18(33-2)13-20(17)27-25(19)26/h6-13,22H,3-5,14H2,1-2H3,(H,31,32). The Kier molecular flexibility index (Phi) is 6.60. The first-order valence-electron chi connectivity index (χ1n) is 10.7. The van der Waals surface area contributed by atoms with Gasteiger partial charge >= 0.3 is 5.97 Å². The van der Waals surface area contributed by atoms with Crippen molar-refractivity contribution in [2.75, 3.05) is 7.11 Å². The predicted octanol–water partition coefficient (Wildman–Crippen LogP) is 5.14. The second kappa shape index (κ2) is 9.58. The molecule has 1 N–H and O–H groups in total. The van der Waals surface area contributed by atoms with Gasteiger partial charge in [0.05, 0.1) is 24.4 Å². The van der Waals surface area contributed by atoms with Gasteiger partial charge in [-0.15, -0.1) is 0 Å². The van der Waals surface area contributed by atoms with Gasteiger partial charge in [0.1, 0.15) is 10.9 Å². The molecule has 2 aromatic carbocycles. The number of carboxylic acid groups (broad SMARTS) is 1. The summed E-state index contributed by atoms with van der Waals surface area (Å²) in [5, 5.41) is 16.2. The summed E-state index contributed by atoms with van der Waals surface area (Å²) in [6, 6.07) is 15.0. The van der Waals surface area contributed by atoms with E-state index in [-0.39, 0.29) is 25.2 Å². The number of carbonyl (C=O) groups is 2. The molecule has 0 radical (unpaired) electrons. The lowest BCUT2D eigenvalue weighted by atomic mass is 9.97. The first-order valence-corrected chi connectivity index (χ1v) is 11.1. The highest BCUT2D eigenvalue weighted by Crippen LogP contribution is 2.38. The Morgan fingerprint density at radius 3 is 2.61 bits per heavy atom. The van der Waals surface area contributed by atoms with Crippen LogP contribution in [0.3, 0.4) is 0 Å². The largest absolute Gasteiger partial charge is 0.497 e. The molecule has 0 bridgehead atoms. The molecule has 1 aliphatic heterocycles. The van der Waals surface area contributed by atoms with E-state index < -0.39 is 12.0 Å². The molecule has 4 rings (SSSR count). The van der Waals surface area contributed by atoms with E-state index in [0.717, 1.165) is 22.2 Å². The molecule has 0 saturated heterocycles. The van der Waals surface area contributed by atoms with E-state index in [1.54, 1.807) is 7.11 Å². The zero-order valence-corrected chi connectivity index (χ0v) is 19.2. The number of rotatable bonds is 7. The zero-order valence-electron chi connectivity index (χ0n) is 18.4. The Morgan fingerprint density at radius 2 is 1.91 bits per heavy atom. The lowest BCUT2D eigenvalue weighted by molar-refractivity contribution is -0.137. The number of methoxy groups -OCH3 is 1. The molecule has 170 valence electrons. The molecule has 2 heterocycles. The molecule has 1 aromatic heterocycles. The van der Waals surface area contributed by atoms with Gasteiger partial charge in [-0.05, 0) is 37.1 Å². The first-order chi connectivity index (χ1) is 15.9. The van der Waals surface area contributed by atoms with Gasteiger partial charge in [0, 0.05) is 36.3 Å². The predicted molar refractivity (Wildman–Crippen MR) is 127 cm³/mol. The molecule has 1 unspecified atom stereocenters. The minimum atomic E-state index is -0.929. The van der Waals surface area contributed by atoms with Gasteiger partial charge in [0.15, 0.2) is 0 Å². The number of carbonyl (C=O) groups excluding carboxylic acids is 1. The maximum absolute atomic E-state index is 13.0. The fourth-order valence-electron chi connectivity index (χ4n) is 3.91. The number of nitrogens with zero attached hydrogens (tertiary/aromatic N) is 3. The maximum Gasteiger partial charge on any atom is 0.303 e. The molecule has 0 saturated carbocycles. The van der Waals surface area contributed by atoms with Crippen LogP contribution < -0.4 is 4.74 Å². The number of aromatic nitrogens is 1. The van der Waals surface area contributed by atoms with E-state index in [2.05, 4.69) is 10.1 Å². The summed E-state index contributed by atoms with van der Waals surface area (Å²) in [6.07, 6.45) is 0.745. The van der Waals surface area contributed by atoms with Crippen molar-refractivity contribution in [2.24, 2.45) is 5.10 Å². The van der Waals surface area contributed by atoms with E-state index in [1.165, 1.54) is 5.01 Å². The third-order valence-corrected chi connectivity index (χ3v) is 6.00. The molecule has 3 aromatic rings. The van der Waals surface area contributed by atoms with Crippen molar-refractivity contribution in [3.05, 3.63) is 70.4 Å². The minimum absolute atomic E-state index is 0.0705. The number of aliphatic carboxylic acids is 1. The van der Waals surface area contributed by atoms with Crippen molar-refractivity contribution < 1.29 is 19.4 Å². The van der Waals surface area contributed by atoms with Crippen LogP contribution in [-0.4, -0.2) is 39.8 Å². The van der Waals surface area contributed by atoms with Gasteiger partial charge in [0.25, 0.3) is 0 Å². The monoisotopic (exact) mass is 465 g/mol. The number of pyridine rings is 1. The Bertz CT molecular complexity index is 1240. The number of fused-ring (bicyclic) bond motifs is 1. The van der Waals surface area contributed by atoms with Crippen molar-refractivity contribution >= 4 is 40.1 Å². The third kappa shape index (κ3) is 4.98. The van der Waals surface area contributed by atoms with E-state index in [4.69, 9.17) is 21.4 Å². The first kappa shape index (κ1) is 22.7. The normalized spacial score (nSPS) is 15.5. The lowest BCUT2D eigenvalue weighted by Gasteiger charge is -2.23. The van der Waals surface area contributed by atoms with Crippen molar-refractivity contribution in [3.63, 3.8) is 0 Å². The summed E-state index contributed by atoms with van der Waals surface area (Å²) in [7, 11) is 1.59. The zero-order chi connectivity index (χ0) is 23.5. The van der Waals surface area contributed by atoms with Crippen LogP contribution in [0, 0.1) is 6.92 Å². The maximum atomic E-state index is 13.0. The molecule has 0 aliphatic carbocycles. The smallest absolute Gasteiger partial charge is 0.303 e. The van der Waals surface area contributed by atoms with Gasteiger partial charge in [-0.25, -0.2) is 9.99 Å². The Balaban J connectivity index is 1.69. The SMILES string of the molecule is COc1ccc2cc(C3CC(c4ccc(C)cc4)=NN3C(=O)CCCC(=O)O)c(Cl)nc2c1. The van der Waals surface area contributed by atoms with E-state index in [9.17, 15) is 9.59 Å². The molecular weight excluding hydrogens is 442 g/mol. The van der Waals surface area contributed by atoms with Crippen molar-refractivity contribution in [2.45, 2.75) is 38.6 Å². The van der Waals surface area contributed by atoms with Crippen LogP contribution in [0.2, 0.25) is 5.15 Å². The molecule has 1 amide bonds. The molecular formula is C25H24ClN3O4. The number of hydrogen-bond donors (Lipinski definition) is 1. The molecule has 0 spiro atoms. The molecule has 8 heteroatoms. The van der Waals surface area contributed by atoms with Crippen LogP contribution in [0.15, 0.2) is 53.6 Å². The highest BCUT2D eigenvalue weighted by Gasteiger charge is 2.34. The number of amides is 1. The van der Waals surface area contributed by atoms with Gasteiger partial charge in [-0.1, -0.05) is 41.4 Å². The molecule has 1 aliphatic rings. The summed E-state index contributed by atoms with van der Waals surface area (Å²) >= 11 is 6.59. The van der Waals surface area contributed by atoms with Crippen molar-refractivity contribution in [3.8, 4) is 5.75 Å². The number of aryl methyl sites for hydroxylation is 1. The number of hydrazone groups is 1. The van der Waals surface area contributed by atoms with Crippen LogP contribution in [0.4, 0.5) is 0 Å². The Hall–Kier alpha value is -3.45. The van der Waals surface area contributed by atoms with Crippen LogP contribution in [0.5, 0.6) is 5.75 Å². The second-order valence-corrected chi connectivity index (χ2v) is 8.40. The molecule has 7 nitrogen and oxygen atoms in total. The number of hydrogen-bond acceptors (Lipinski definition) is 5. The summed E-state index contributed by atoms with van der Waals surface area (Å²) in [5.41, 5.74) is 4.23. The summed E-state index contributed by atoms with van der Waals surface area (Å²) in [5.74, 6) is -0.490. The van der Waals surface area contributed by atoms with Crippen LogP contribution in [0.25, 0.3) is 10.9 Å². The minimum Gasteiger partial charge on any atom is -0.497 e. The average molecular weight is 466 g/mol. The number of ether oxygens (including phenoxy) is 1. The lowest BCUT2D eigenvalue weighted by Crippen LogP contribution is -2.27. The van der Waals surface area contributed by atoms with E-state index in [0.29, 0.717) is 28.4 Å². The van der Waals surface area contributed by atoms with Gasteiger partial charge in [-0.2, -0.15) is 5.10 Å². The van der Waals surface area contributed by atoms with E-state index >= 15 is 0 Å². The molecule has 1 atom stereocenters. The van der Waals surface area contributed by atoms with Crippen LogP contribution in [0.1, 0.15) is 48.4 Å². The van der Waals surface area contributed by atoms with Crippen molar-refractivity contribution in [1.82, 2.24) is 9.99 Å². The second-order valence-electron chi connectivity index (χ2n) is 8.05. The number of halogens is 1. The fraction of sp³-hybridized carbons (Fsp3) is 0.280. The van der Waals surface area contributed by atoms with Crippen LogP contribution in [-0.2, 0) is 9.59 Å². The third-order valence-electron chi connectivity index (χ3n) is 5.70. The highest BCUT2D eigenvalue weighted by molar-refractivity contribution is 6.30. The van der Waals surface area contributed by atoms with Gasteiger partial charge in [-0.3, -0.25) is 9.59 Å². The van der Waals surface area contributed by atoms with Gasteiger partial charge < -0.3 is 9.84 Å². The summed E-state index contributed by atoms with van der Waals surface area (Å²) in [4.78, 5) is 28.5. The van der Waals surface area contributed by atoms with Crippen LogP contribution >= 0.6 is 11.6 Å². The summed E-state index contributed by atoms with van der Waals surface area (Å²) in [6.45, 7) is 2.01. The van der Waals surface area contributed by atoms with E-state index in [1.807, 2.05) is 55.5 Å². The Labute approximate surface area is 196 Å². The number of carboxylic acids is 1.